The van der Waals surface area contributed by atoms with E-state index in [4.69, 9.17) is 0 Å². The highest BCUT2D eigenvalue weighted by Gasteiger charge is 2.28. The van der Waals surface area contributed by atoms with Crippen LogP contribution in [-0.2, 0) is 23.1 Å². The molecule has 0 saturated heterocycles. The first-order valence-corrected chi connectivity index (χ1v) is 7.51. The number of fused-ring (bicyclic) bond motifs is 1. The lowest BCUT2D eigenvalue weighted by atomic mass is 10.1. The van der Waals surface area contributed by atoms with Gasteiger partial charge in [-0.1, -0.05) is 12.1 Å². The van der Waals surface area contributed by atoms with Gasteiger partial charge in [-0.2, -0.15) is 0 Å². The summed E-state index contributed by atoms with van der Waals surface area (Å²) in [7, 11) is -1.45. The van der Waals surface area contributed by atoms with Crippen molar-refractivity contribution in [3.05, 3.63) is 29.3 Å². The van der Waals surface area contributed by atoms with Gasteiger partial charge in [-0.3, -0.25) is 4.90 Å². The minimum Gasteiger partial charge on any atom is -0.298 e. The predicted molar refractivity (Wildman–Crippen MR) is 77.4 cm³/mol. The smallest absolute Gasteiger partial charge is 0.241 e. The Kier molecular flexibility index (Phi) is 4.49. The summed E-state index contributed by atoms with van der Waals surface area (Å²) in [6.07, 6.45) is 0. The fourth-order valence-electron chi connectivity index (χ4n) is 2.27. The second-order valence-electron chi connectivity index (χ2n) is 5.92. The summed E-state index contributed by atoms with van der Waals surface area (Å²) in [5, 5.41) is 0. The van der Waals surface area contributed by atoms with Gasteiger partial charge < -0.3 is 0 Å². The number of hydrogen-bond donors (Lipinski definition) is 1. The Morgan fingerprint density at radius 1 is 1.21 bits per heavy atom. The number of benzene rings is 1. The van der Waals surface area contributed by atoms with E-state index in [0.29, 0.717) is 11.4 Å². The molecule has 1 N–H and O–H groups in total. The molecule has 0 fully saturated rings. The monoisotopic (exact) mass is 279 g/mol. The molecule has 4 nitrogen and oxygen atoms in total. The van der Waals surface area contributed by atoms with Crippen LogP contribution >= 0.6 is 0 Å². The molecule has 1 aromatic rings. The molecule has 3 radical (unpaired) electrons. The molecule has 2 rings (SSSR count). The lowest BCUT2D eigenvalue weighted by Crippen LogP contribution is -2.40. The van der Waals surface area contributed by atoms with Gasteiger partial charge in [-0.05, 0) is 45.0 Å². The number of hydrogen-bond acceptors (Lipinski definition) is 3. The fraction of sp³-hybridized carbons (Fsp3) is 0.538. The third-order valence-corrected chi connectivity index (χ3v) is 4.67. The first-order valence-electron chi connectivity index (χ1n) is 6.02. The van der Waals surface area contributed by atoms with Crippen molar-refractivity contribution in [3.8, 4) is 0 Å². The first-order chi connectivity index (χ1) is 8.19. The van der Waals surface area contributed by atoms with Gasteiger partial charge in [0.05, 0.1) is 4.90 Å². The lowest BCUT2D eigenvalue weighted by Gasteiger charge is -2.21. The minimum atomic E-state index is -3.44. The van der Waals surface area contributed by atoms with Crippen molar-refractivity contribution in [1.29, 1.82) is 0 Å². The quantitative estimate of drug-likeness (QED) is 0.831. The summed E-state index contributed by atoms with van der Waals surface area (Å²) in [5.41, 5.74) is 1.57. The van der Waals surface area contributed by atoms with Gasteiger partial charge in [0.15, 0.2) is 0 Å². The molecular weight excluding hydrogens is 259 g/mol. The highest BCUT2D eigenvalue weighted by atomic mass is 32.2. The van der Waals surface area contributed by atoms with Crippen LogP contribution in [0.1, 0.15) is 31.9 Å². The lowest BCUT2D eigenvalue weighted by molar-refractivity contribution is 0.351. The molecule has 0 amide bonds. The number of nitrogens with zero attached hydrogens (tertiary/aromatic N) is 1. The fourth-order valence-corrected chi connectivity index (χ4v) is 3.96. The SMILES string of the molecule is CN1Cc2cccc(S(=O)(=O)NC(C)(C)C)c2C1.[B]. The molecule has 1 heterocycles. The zero-order valence-electron chi connectivity index (χ0n) is 11.9. The Morgan fingerprint density at radius 2 is 1.84 bits per heavy atom. The maximum Gasteiger partial charge on any atom is 0.241 e. The molecule has 19 heavy (non-hydrogen) atoms. The van der Waals surface area contributed by atoms with Crippen LogP contribution in [0.4, 0.5) is 0 Å². The average molecular weight is 279 g/mol. The van der Waals surface area contributed by atoms with Crippen molar-refractivity contribution in [2.75, 3.05) is 7.05 Å². The van der Waals surface area contributed by atoms with Crippen LogP contribution in [0.3, 0.4) is 0 Å². The highest BCUT2D eigenvalue weighted by molar-refractivity contribution is 7.89. The molecule has 0 aromatic heterocycles. The van der Waals surface area contributed by atoms with E-state index in [1.54, 1.807) is 6.07 Å². The Hall–Kier alpha value is -0.845. The van der Waals surface area contributed by atoms with Crippen molar-refractivity contribution in [2.45, 2.75) is 44.3 Å². The summed E-state index contributed by atoms with van der Waals surface area (Å²) in [5.74, 6) is 0. The minimum absolute atomic E-state index is 0. The van der Waals surface area contributed by atoms with Crippen LogP contribution in [0.15, 0.2) is 23.1 Å². The molecule has 0 unspecified atom stereocenters. The van der Waals surface area contributed by atoms with Crippen LogP contribution in [-0.4, -0.2) is 34.3 Å². The molecule has 6 heteroatoms. The molecule has 0 bridgehead atoms. The van der Waals surface area contributed by atoms with Gasteiger partial charge in [-0.15, -0.1) is 0 Å². The molecular formula is C13H20BN2O2S. The summed E-state index contributed by atoms with van der Waals surface area (Å²) >= 11 is 0. The third kappa shape index (κ3) is 3.58. The van der Waals surface area contributed by atoms with Gasteiger partial charge in [0.1, 0.15) is 0 Å². The second kappa shape index (κ2) is 5.27. The number of nitrogens with one attached hydrogen (secondary N) is 1. The molecule has 103 valence electrons. The van der Waals surface area contributed by atoms with E-state index in [0.717, 1.165) is 17.7 Å². The van der Waals surface area contributed by atoms with Crippen LogP contribution < -0.4 is 4.72 Å². The van der Waals surface area contributed by atoms with E-state index in [2.05, 4.69) is 9.62 Å². The molecule has 0 aliphatic carbocycles. The summed E-state index contributed by atoms with van der Waals surface area (Å²) in [6, 6.07) is 5.50. The topological polar surface area (TPSA) is 49.4 Å². The van der Waals surface area contributed by atoms with Crippen molar-refractivity contribution >= 4 is 18.4 Å². The highest BCUT2D eigenvalue weighted by Crippen LogP contribution is 2.28. The van der Waals surface area contributed by atoms with E-state index in [1.165, 1.54) is 0 Å². The number of rotatable bonds is 2. The van der Waals surface area contributed by atoms with E-state index in [-0.39, 0.29) is 8.41 Å². The van der Waals surface area contributed by atoms with E-state index in [1.807, 2.05) is 40.0 Å². The maximum atomic E-state index is 12.4. The van der Waals surface area contributed by atoms with Gasteiger partial charge in [-0.25, -0.2) is 13.1 Å². The van der Waals surface area contributed by atoms with Gasteiger partial charge in [0.2, 0.25) is 10.0 Å². The Balaban J connectivity index is 0.00000180. The van der Waals surface area contributed by atoms with Crippen molar-refractivity contribution in [3.63, 3.8) is 0 Å². The van der Waals surface area contributed by atoms with Crippen molar-refractivity contribution < 1.29 is 8.42 Å². The average Bonchev–Trinajstić information content (AvgIpc) is 2.52. The van der Waals surface area contributed by atoms with Crippen molar-refractivity contribution in [1.82, 2.24) is 9.62 Å². The molecule has 0 spiro atoms. The predicted octanol–water partition coefficient (Wildman–Crippen LogP) is 1.33. The Morgan fingerprint density at radius 3 is 2.42 bits per heavy atom. The first kappa shape index (κ1) is 16.2. The van der Waals surface area contributed by atoms with Crippen LogP contribution in [0, 0.1) is 0 Å². The maximum absolute atomic E-state index is 12.4. The van der Waals surface area contributed by atoms with Crippen molar-refractivity contribution in [2.24, 2.45) is 0 Å². The van der Waals surface area contributed by atoms with Crippen LogP contribution in [0.25, 0.3) is 0 Å². The normalized spacial score (nSPS) is 16.0. The van der Waals surface area contributed by atoms with E-state index in [9.17, 15) is 8.42 Å². The molecule has 1 aromatic carbocycles. The zero-order chi connectivity index (χ0) is 13.6. The summed E-state index contributed by atoms with van der Waals surface area (Å²) in [6.45, 7) is 7.05. The standard InChI is InChI=1S/C13H20N2O2S.B/c1-13(2,3)14-18(16,17)12-7-5-6-10-8-15(4)9-11(10)12;/h5-7,14H,8-9H2,1-4H3;. The molecule has 1 aliphatic rings. The second-order valence-corrected chi connectivity index (χ2v) is 7.57. The molecule has 0 saturated carbocycles. The largest absolute Gasteiger partial charge is 0.298 e. The Bertz CT molecular complexity index is 564. The molecule has 1 aliphatic heterocycles. The Labute approximate surface area is 117 Å². The third-order valence-electron chi connectivity index (χ3n) is 2.83. The van der Waals surface area contributed by atoms with Crippen LogP contribution in [0.2, 0.25) is 0 Å². The van der Waals surface area contributed by atoms with Gasteiger partial charge in [0, 0.05) is 27.0 Å². The van der Waals surface area contributed by atoms with E-state index >= 15 is 0 Å². The van der Waals surface area contributed by atoms with E-state index < -0.39 is 15.6 Å². The van der Waals surface area contributed by atoms with Crippen LogP contribution in [0.5, 0.6) is 0 Å². The summed E-state index contributed by atoms with van der Waals surface area (Å²) < 4.78 is 27.5. The zero-order valence-corrected chi connectivity index (χ0v) is 12.7. The van der Waals surface area contributed by atoms with Gasteiger partial charge >= 0.3 is 0 Å². The number of sulfonamides is 1. The van der Waals surface area contributed by atoms with Gasteiger partial charge in [0.25, 0.3) is 0 Å². The summed E-state index contributed by atoms with van der Waals surface area (Å²) in [4.78, 5) is 2.53. The molecule has 0 atom stereocenters.